The summed E-state index contributed by atoms with van der Waals surface area (Å²) < 4.78 is 7.21. The van der Waals surface area contributed by atoms with Crippen LogP contribution in [0, 0.1) is 5.92 Å². The molecule has 0 spiro atoms. The second-order valence-corrected chi connectivity index (χ2v) is 7.08. The first-order chi connectivity index (χ1) is 9.76. The van der Waals surface area contributed by atoms with Crippen molar-refractivity contribution < 1.29 is 4.74 Å². The maximum Gasteiger partial charge on any atom is 0.0623 e. The van der Waals surface area contributed by atoms with Gasteiger partial charge in [-0.05, 0) is 56.3 Å². The first kappa shape index (κ1) is 14.6. The lowest BCUT2D eigenvalue weighted by molar-refractivity contribution is 0.0857. The van der Waals surface area contributed by atoms with Crippen molar-refractivity contribution in [2.75, 3.05) is 6.54 Å². The van der Waals surface area contributed by atoms with E-state index < -0.39 is 0 Å². The van der Waals surface area contributed by atoms with Gasteiger partial charge < -0.3 is 10.1 Å². The standard InChI is InChI=1S/C17H24BrNO/c1-2-9-19-16(10-12-3-5-13(18)6-4-12)15-11-14-7-8-17(15)20-14/h3-6,14-17,19H,2,7-11H2,1H3. The Bertz CT molecular complexity index is 433. The van der Waals surface area contributed by atoms with Crippen molar-refractivity contribution >= 4 is 15.9 Å². The number of halogens is 1. The first-order valence-electron chi connectivity index (χ1n) is 7.89. The van der Waals surface area contributed by atoms with Crippen LogP contribution in [0.15, 0.2) is 28.7 Å². The Kier molecular flexibility index (Phi) is 4.79. The molecule has 3 rings (SSSR count). The Morgan fingerprint density at radius 2 is 2.10 bits per heavy atom. The van der Waals surface area contributed by atoms with Gasteiger partial charge in [-0.3, -0.25) is 0 Å². The van der Waals surface area contributed by atoms with Crippen molar-refractivity contribution in [3.05, 3.63) is 34.3 Å². The SMILES string of the molecule is CCCNC(Cc1ccc(Br)cc1)C1CC2CCC1O2. The lowest BCUT2D eigenvalue weighted by Gasteiger charge is -2.29. The minimum Gasteiger partial charge on any atom is -0.375 e. The van der Waals surface area contributed by atoms with E-state index >= 15 is 0 Å². The van der Waals surface area contributed by atoms with Gasteiger partial charge in [-0.2, -0.15) is 0 Å². The summed E-state index contributed by atoms with van der Waals surface area (Å²) in [5.74, 6) is 0.698. The third kappa shape index (κ3) is 3.26. The largest absolute Gasteiger partial charge is 0.375 e. The number of benzene rings is 1. The van der Waals surface area contributed by atoms with Crippen LogP contribution < -0.4 is 5.32 Å². The van der Waals surface area contributed by atoms with Crippen LogP contribution in [-0.4, -0.2) is 24.8 Å². The predicted molar refractivity (Wildman–Crippen MR) is 85.9 cm³/mol. The van der Waals surface area contributed by atoms with Crippen molar-refractivity contribution in [3.8, 4) is 0 Å². The van der Waals surface area contributed by atoms with Crippen LogP contribution in [0.4, 0.5) is 0 Å². The molecule has 0 amide bonds. The van der Waals surface area contributed by atoms with Crippen molar-refractivity contribution in [1.82, 2.24) is 5.32 Å². The van der Waals surface area contributed by atoms with Crippen molar-refractivity contribution in [3.63, 3.8) is 0 Å². The van der Waals surface area contributed by atoms with Crippen molar-refractivity contribution in [2.45, 2.75) is 57.3 Å². The van der Waals surface area contributed by atoms with E-state index in [1.54, 1.807) is 0 Å². The first-order valence-corrected chi connectivity index (χ1v) is 8.69. The number of ether oxygens (including phenoxy) is 1. The Morgan fingerprint density at radius 1 is 1.30 bits per heavy atom. The zero-order chi connectivity index (χ0) is 13.9. The number of hydrogen-bond acceptors (Lipinski definition) is 2. The molecule has 0 aliphatic carbocycles. The molecule has 2 nitrogen and oxygen atoms in total. The molecule has 0 radical (unpaired) electrons. The smallest absolute Gasteiger partial charge is 0.0623 e. The third-order valence-corrected chi connectivity index (χ3v) is 5.22. The summed E-state index contributed by atoms with van der Waals surface area (Å²) in [7, 11) is 0. The Balaban J connectivity index is 1.67. The summed E-state index contributed by atoms with van der Waals surface area (Å²) in [6.45, 7) is 3.34. The summed E-state index contributed by atoms with van der Waals surface area (Å²) in [5.41, 5.74) is 1.42. The molecule has 20 heavy (non-hydrogen) atoms. The van der Waals surface area contributed by atoms with E-state index in [-0.39, 0.29) is 0 Å². The summed E-state index contributed by atoms with van der Waals surface area (Å²) in [6.07, 6.45) is 7.15. The molecule has 2 bridgehead atoms. The van der Waals surface area contributed by atoms with Crippen LogP contribution in [0.1, 0.15) is 38.2 Å². The molecule has 2 heterocycles. The van der Waals surface area contributed by atoms with Gasteiger partial charge in [0.25, 0.3) is 0 Å². The fraction of sp³-hybridized carbons (Fsp3) is 0.647. The molecule has 110 valence electrons. The summed E-state index contributed by atoms with van der Waals surface area (Å²) in [4.78, 5) is 0. The highest BCUT2D eigenvalue weighted by Crippen LogP contribution is 2.41. The minimum atomic E-state index is 0.504. The fourth-order valence-electron chi connectivity index (χ4n) is 3.68. The van der Waals surface area contributed by atoms with Crippen LogP contribution in [0.5, 0.6) is 0 Å². The zero-order valence-corrected chi connectivity index (χ0v) is 13.7. The van der Waals surface area contributed by atoms with Crippen LogP contribution >= 0.6 is 15.9 Å². The molecule has 2 fully saturated rings. The fourth-order valence-corrected chi connectivity index (χ4v) is 3.94. The van der Waals surface area contributed by atoms with Gasteiger partial charge in [0, 0.05) is 16.4 Å². The Hall–Kier alpha value is -0.380. The highest BCUT2D eigenvalue weighted by Gasteiger charge is 2.43. The molecule has 1 aromatic rings. The van der Waals surface area contributed by atoms with Gasteiger partial charge in [0.2, 0.25) is 0 Å². The average molecular weight is 338 g/mol. The molecule has 2 saturated heterocycles. The van der Waals surface area contributed by atoms with Crippen LogP contribution in [0.3, 0.4) is 0 Å². The maximum absolute atomic E-state index is 6.06. The predicted octanol–water partition coefficient (Wildman–Crippen LogP) is 3.93. The molecule has 4 atom stereocenters. The third-order valence-electron chi connectivity index (χ3n) is 4.70. The quantitative estimate of drug-likeness (QED) is 0.849. The van der Waals surface area contributed by atoms with E-state index in [0.29, 0.717) is 24.2 Å². The molecule has 1 aromatic carbocycles. The molecular weight excluding hydrogens is 314 g/mol. The Morgan fingerprint density at radius 3 is 2.70 bits per heavy atom. The number of hydrogen-bond donors (Lipinski definition) is 1. The number of fused-ring (bicyclic) bond motifs is 2. The number of rotatable bonds is 6. The molecule has 2 aliphatic rings. The lowest BCUT2D eigenvalue weighted by atomic mass is 9.81. The second-order valence-electron chi connectivity index (χ2n) is 6.16. The van der Waals surface area contributed by atoms with E-state index in [1.165, 1.54) is 31.2 Å². The minimum absolute atomic E-state index is 0.504. The average Bonchev–Trinajstić information content (AvgIpc) is 3.08. The van der Waals surface area contributed by atoms with Gasteiger partial charge in [0.15, 0.2) is 0 Å². The summed E-state index contributed by atoms with van der Waals surface area (Å²) in [5, 5.41) is 3.77. The Labute approximate surface area is 130 Å². The van der Waals surface area contributed by atoms with Crippen LogP contribution in [0.2, 0.25) is 0 Å². The number of nitrogens with one attached hydrogen (secondary N) is 1. The van der Waals surface area contributed by atoms with Crippen LogP contribution in [-0.2, 0) is 11.2 Å². The van der Waals surface area contributed by atoms with Crippen LogP contribution in [0.25, 0.3) is 0 Å². The molecule has 3 heteroatoms. The van der Waals surface area contributed by atoms with Gasteiger partial charge >= 0.3 is 0 Å². The van der Waals surface area contributed by atoms with E-state index in [4.69, 9.17) is 4.74 Å². The monoisotopic (exact) mass is 337 g/mol. The van der Waals surface area contributed by atoms with E-state index in [0.717, 1.165) is 17.4 Å². The zero-order valence-electron chi connectivity index (χ0n) is 12.1. The molecule has 0 aromatic heterocycles. The van der Waals surface area contributed by atoms with Crippen molar-refractivity contribution in [1.29, 1.82) is 0 Å². The second kappa shape index (κ2) is 6.59. The highest BCUT2D eigenvalue weighted by atomic mass is 79.9. The topological polar surface area (TPSA) is 21.3 Å². The maximum atomic E-state index is 6.06. The van der Waals surface area contributed by atoms with Gasteiger partial charge in [-0.15, -0.1) is 0 Å². The van der Waals surface area contributed by atoms with Gasteiger partial charge in [0.1, 0.15) is 0 Å². The summed E-state index contributed by atoms with van der Waals surface area (Å²) >= 11 is 3.51. The molecular formula is C17H24BrNO. The molecule has 4 unspecified atom stereocenters. The summed E-state index contributed by atoms with van der Waals surface area (Å²) in [6, 6.07) is 9.32. The van der Waals surface area contributed by atoms with Crippen molar-refractivity contribution in [2.24, 2.45) is 5.92 Å². The molecule has 0 saturated carbocycles. The van der Waals surface area contributed by atoms with Gasteiger partial charge in [-0.25, -0.2) is 0 Å². The molecule has 1 N–H and O–H groups in total. The van der Waals surface area contributed by atoms with E-state index in [1.807, 2.05) is 0 Å². The van der Waals surface area contributed by atoms with E-state index in [2.05, 4.69) is 52.4 Å². The van der Waals surface area contributed by atoms with Gasteiger partial charge in [-0.1, -0.05) is 35.0 Å². The molecule has 2 aliphatic heterocycles. The van der Waals surface area contributed by atoms with Gasteiger partial charge in [0.05, 0.1) is 12.2 Å². The van der Waals surface area contributed by atoms with E-state index in [9.17, 15) is 0 Å². The normalized spacial score (nSPS) is 29.8. The lowest BCUT2D eigenvalue weighted by Crippen LogP contribution is -2.42. The highest BCUT2D eigenvalue weighted by molar-refractivity contribution is 9.10.